The lowest BCUT2D eigenvalue weighted by Gasteiger charge is -2.25. The molecule has 0 saturated heterocycles. The summed E-state index contributed by atoms with van der Waals surface area (Å²) in [5.74, 6) is 1.90. The quantitative estimate of drug-likeness (QED) is 0.195. The first kappa shape index (κ1) is 27.8. The van der Waals surface area contributed by atoms with Gasteiger partial charge in [-0.25, -0.2) is 4.98 Å². The van der Waals surface area contributed by atoms with E-state index < -0.39 is 0 Å². The van der Waals surface area contributed by atoms with Crippen LogP contribution in [0.5, 0.6) is 0 Å². The van der Waals surface area contributed by atoms with Gasteiger partial charge in [0.25, 0.3) is 0 Å². The molecular formula is C44H31N5. The third-order valence-corrected chi connectivity index (χ3v) is 10.1. The highest BCUT2D eigenvalue weighted by Crippen LogP contribution is 2.54. The number of fused-ring (bicyclic) bond motifs is 8. The molecule has 5 heteroatoms. The highest BCUT2D eigenvalue weighted by Gasteiger charge is 2.41. The largest absolute Gasteiger partial charge is 0.312 e. The molecule has 3 heterocycles. The standard InChI is InChI=1S/C44H31N5/c1-44(2)35-27-29(25-26-33(35)39-34-21-11-14-24-38(34)48(40(39)44)30-17-7-4-8-18-30)42-45-41(28-15-5-3-6-16-28)46-43(47-42)49-36-22-12-9-19-31(36)32-20-10-13-23-37(32)49/h3-27H,1-2H3. The summed E-state index contributed by atoms with van der Waals surface area (Å²) >= 11 is 0. The van der Waals surface area contributed by atoms with Crippen molar-refractivity contribution < 1.29 is 0 Å². The van der Waals surface area contributed by atoms with E-state index in [-0.39, 0.29) is 5.41 Å². The van der Waals surface area contributed by atoms with E-state index in [0.29, 0.717) is 17.6 Å². The summed E-state index contributed by atoms with van der Waals surface area (Å²) in [4.78, 5) is 15.5. The van der Waals surface area contributed by atoms with Crippen LogP contribution >= 0.6 is 0 Å². The van der Waals surface area contributed by atoms with Crippen LogP contribution in [0, 0.1) is 0 Å². The lowest BCUT2D eigenvalue weighted by atomic mass is 9.84. The van der Waals surface area contributed by atoms with Crippen molar-refractivity contribution in [2.24, 2.45) is 0 Å². The Morgan fingerprint density at radius 3 is 1.65 bits per heavy atom. The molecule has 3 aromatic heterocycles. The van der Waals surface area contributed by atoms with Crippen molar-refractivity contribution in [2.45, 2.75) is 19.3 Å². The number of aromatic nitrogens is 5. The summed E-state index contributed by atoms with van der Waals surface area (Å²) in [5.41, 5.74) is 11.3. The number of rotatable bonds is 4. The van der Waals surface area contributed by atoms with Crippen LogP contribution in [-0.4, -0.2) is 24.1 Å². The van der Waals surface area contributed by atoms with Crippen LogP contribution in [0.3, 0.4) is 0 Å². The van der Waals surface area contributed by atoms with Crippen molar-refractivity contribution in [1.82, 2.24) is 24.1 Å². The summed E-state index contributed by atoms with van der Waals surface area (Å²) in [6.07, 6.45) is 0. The zero-order valence-electron chi connectivity index (χ0n) is 27.2. The molecule has 0 radical (unpaired) electrons. The molecule has 1 aliphatic rings. The fourth-order valence-corrected chi connectivity index (χ4v) is 7.94. The molecule has 10 rings (SSSR count). The van der Waals surface area contributed by atoms with Gasteiger partial charge in [0.05, 0.1) is 16.6 Å². The van der Waals surface area contributed by atoms with Crippen LogP contribution in [0.15, 0.2) is 152 Å². The predicted octanol–water partition coefficient (Wildman–Crippen LogP) is 10.6. The smallest absolute Gasteiger partial charge is 0.238 e. The first-order valence-electron chi connectivity index (χ1n) is 16.7. The first-order valence-corrected chi connectivity index (χ1v) is 16.7. The Kier molecular flexibility index (Phi) is 5.85. The van der Waals surface area contributed by atoms with Crippen LogP contribution in [0.2, 0.25) is 0 Å². The average Bonchev–Trinajstić information content (AvgIpc) is 3.76. The van der Waals surface area contributed by atoms with E-state index in [1.807, 2.05) is 18.2 Å². The van der Waals surface area contributed by atoms with Gasteiger partial charge in [0, 0.05) is 49.6 Å². The summed E-state index contributed by atoms with van der Waals surface area (Å²) < 4.78 is 4.62. The highest BCUT2D eigenvalue weighted by molar-refractivity contribution is 6.09. The van der Waals surface area contributed by atoms with Crippen molar-refractivity contribution in [3.63, 3.8) is 0 Å². The van der Waals surface area contributed by atoms with E-state index in [0.717, 1.165) is 22.2 Å². The molecule has 0 fully saturated rings. The van der Waals surface area contributed by atoms with E-state index in [1.54, 1.807) is 0 Å². The molecule has 0 amide bonds. The molecule has 9 aromatic rings. The third kappa shape index (κ3) is 4.02. The Labute approximate surface area is 283 Å². The van der Waals surface area contributed by atoms with E-state index >= 15 is 0 Å². The topological polar surface area (TPSA) is 48.5 Å². The van der Waals surface area contributed by atoms with Gasteiger partial charge in [-0.05, 0) is 47.5 Å². The van der Waals surface area contributed by atoms with E-state index in [1.165, 1.54) is 49.7 Å². The second-order valence-electron chi connectivity index (χ2n) is 13.3. The fraction of sp³-hybridized carbons (Fsp3) is 0.0682. The van der Waals surface area contributed by atoms with E-state index in [2.05, 4.69) is 156 Å². The Morgan fingerprint density at radius 2 is 1.00 bits per heavy atom. The molecule has 1 aliphatic carbocycles. The number of para-hydroxylation sites is 4. The van der Waals surface area contributed by atoms with Gasteiger partial charge in [0.2, 0.25) is 5.95 Å². The molecular weight excluding hydrogens is 599 g/mol. The highest BCUT2D eigenvalue weighted by atomic mass is 15.2. The molecule has 49 heavy (non-hydrogen) atoms. The van der Waals surface area contributed by atoms with Crippen LogP contribution in [0.4, 0.5) is 0 Å². The van der Waals surface area contributed by atoms with E-state index in [4.69, 9.17) is 15.0 Å². The molecule has 0 unspecified atom stereocenters. The average molecular weight is 630 g/mol. The lowest BCUT2D eigenvalue weighted by Crippen LogP contribution is -2.20. The van der Waals surface area contributed by atoms with Gasteiger partial charge < -0.3 is 4.57 Å². The van der Waals surface area contributed by atoms with Crippen molar-refractivity contribution in [1.29, 1.82) is 0 Å². The van der Waals surface area contributed by atoms with Crippen LogP contribution in [-0.2, 0) is 5.41 Å². The molecule has 6 aromatic carbocycles. The number of hydrogen-bond acceptors (Lipinski definition) is 3. The van der Waals surface area contributed by atoms with Gasteiger partial charge in [-0.2, -0.15) is 9.97 Å². The molecule has 0 aliphatic heterocycles. The van der Waals surface area contributed by atoms with Gasteiger partial charge >= 0.3 is 0 Å². The van der Waals surface area contributed by atoms with Gasteiger partial charge in [0.1, 0.15) is 0 Å². The number of nitrogens with zero attached hydrogens (tertiary/aromatic N) is 5. The van der Waals surface area contributed by atoms with Crippen molar-refractivity contribution in [3.05, 3.63) is 163 Å². The molecule has 0 spiro atoms. The normalized spacial score (nSPS) is 13.3. The van der Waals surface area contributed by atoms with Crippen LogP contribution in [0.1, 0.15) is 25.1 Å². The van der Waals surface area contributed by atoms with Crippen LogP contribution in [0.25, 0.3) is 78.2 Å². The maximum absolute atomic E-state index is 5.23. The zero-order valence-corrected chi connectivity index (χ0v) is 27.2. The molecule has 0 N–H and O–H groups in total. The SMILES string of the molecule is CC1(C)c2cc(-c3nc(-c4ccccc4)nc(-n4c5ccccc5c5ccccc54)n3)ccc2-c2c1n(-c1ccccc1)c1ccccc21. The second kappa shape index (κ2) is 10.3. The Balaban J connectivity index is 1.21. The van der Waals surface area contributed by atoms with Gasteiger partial charge in [-0.1, -0.05) is 129 Å². The molecule has 0 saturated carbocycles. The van der Waals surface area contributed by atoms with Crippen LogP contribution < -0.4 is 0 Å². The zero-order chi connectivity index (χ0) is 32.7. The van der Waals surface area contributed by atoms with Gasteiger partial charge in [0.15, 0.2) is 11.6 Å². The monoisotopic (exact) mass is 629 g/mol. The minimum absolute atomic E-state index is 0.277. The lowest BCUT2D eigenvalue weighted by molar-refractivity contribution is 0.624. The summed E-state index contributed by atoms with van der Waals surface area (Å²) in [7, 11) is 0. The third-order valence-electron chi connectivity index (χ3n) is 10.1. The van der Waals surface area contributed by atoms with Crippen molar-refractivity contribution in [3.8, 4) is 45.5 Å². The number of hydrogen-bond donors (Lipinski definition) is 0. The Bertz CT molecular complexity index is 2680. The molecule has 0 atom stereocenters. The first-order chi connectivity index (χ1) is 24.1. The Hall–Kier alpha value is -6.33. The minimum Gasteiger partial charge on any atom is -0.312 e. The molecule has 5 nitrogen and oxygen atoms in total. The predicted molar refractivity (Wildman–Crippen MR) is 199 cm³/mol. The number of benzene rings is 6. The fourth-order valence-electron chi connectivity index (χ4n) is 7.94. The maximum atomic E-state index is 5.23. The van der Waals surface area contributed by atoms with E-state index in [9.17, 15) is 0 Å². The minimum atomic E-state index is -0.277. The summed E-state index contributed by atoms with van der Waals surface area (Å²) in [6, 6.07) is 53.3. The van der Waals surface area contributed by atoms with Crippen molar-refractivity contribution >= 4 is 32.7 Å². The second-order valence-corrected chi connectivity index (χ2v) is 13.3. The summed E-state index contributed by atoms with van der Waals surface area (Å²) in [6.45, 7) is 4.68. The van der Waals surface area contributed by atoms with Gasteiger partial charge in [-0.15, -0.1) is 0 Å². The summed E-state index contributed by atoms with van der Waals surface area (Å²) in [5, 5.41) is 3.61. The molecule has 232 valence electrons. The maximum Gasteiger partial charge on any atom is 0.238 e. The molecule has 0 bridgehead atoms. The van der Waals surface area contributed by atoms with Crippen molar-refractivity contribution in [2.75, 3.05) is 0 Å². The van der Waals surface area contributed by atoms with Gasteiger partial charge in [-0.3, -0.25) is 4.57 Å². The Morgan fingerprint density at radius 1 is 0.469 bits per heavy atom.